The van der Waals surface area contributed by atoms with E-state index in [0.717, 1.165) is 22.1 Å². The zero-order valence-corrected chi connectivity index (χ0v) is 25.6. The molecule has 0 atom stereocenters. The van der Waals surface area contributed by atoms with Gasteiger partial charge in [-0.05, 0) is 78.7 Å². The molecular weight excluding hydrogens is 577 g/mol. The predicted molar refractivity (Wildman–Crippen MR) is 198 cm³/mol. The Morgan fingerprint density at radius 2 is 1.02 bits per heavy atom. The Balaban J connectivity index is 1.35. The molecule has 2 heteroatoms. The third kappa shape index (κ3) is 3.74. The summed E-state index contributed by atoms with van der Waals surface area (Å²) in [5.41, 5.74) is 7.95. The summed E-state index contributed by atoms with van der Waals surface area (Å²) in [6.45, 7) is 0. The second-order valence-corrected chi connectivity index (χ2v) is 13.1. The summed E-state index contributed by atoms with van der Waals surface area (Å²) in [5, 5.41) is 11.0. The van der Waals surface area contributed by atoms with Crippen molar-refractivity contribution in [1.82, 2.24) is 0 Å². The van der Waals surface area contributed by atoms with Crippen molar-refractivity contribution in [3.63, 3.8) is 0 Å². The molecule has 0 saturated carbocycles. The quantitative estimate of drug-likeness (QED) is 0.183. The van der Waals surface area contributed by atoms with E-state index in [2.05, 4.69) is 158 Å². The largest absolute Gasteiger partial charge is 0.455 e. The maximum atomic E-state index is 6.83. The average molecular weight is 603 g/mol. The number of hydrogen-bond acceptors (Lipinski definition) is 2. The Hall–Kier alpha value is -5.70. The topological polar surface area (TPSA) is 13.1 Å². The Morgan fingerprint density at radius 3 is 1.76 bits per heavy atom. The van der Waals surface area contributed by atoms with Crippen LogP contribution in [0.3, 0.4) is 0 Å². The van der Waals surface area contributed by atoms with Crippen molar-refractivity contribution in [2.24, 2.45) is 0 Å². The Bertz CT molecular complexity index is 2740. The number of para-hydroxylation sites is 1. The molecule has 0 unspecified atom stereocenters. The molecule has 0 saturated heterocycles. The monoisotopic (exact) mass is 602 g/mol. The zero-order chi connectivity index (χ0) is 30.2. The lowest BCUT2D eigenvalue weighted by atomic mass is 9.85. The minimum atomic E-state index is 0.919. The fourth-order valence-electron chi connectivity index (χ4n) is 7.39. The molecule has 0 spiro atoms. The molecule has 0 aliphatic carbocycles. The summed E-state index contributed by atoms with van der Waals surface area (Å²) in [6.07, 6.45) is 0. The van der Waals surface area contributed by atoms with Gasteiger partial charge < -0.3 is 4.42 Å². The first-order valence-corrected chi connectivity index (χ1v) is 16.5. The summed E-state index contributed by atoms with van der Waals surface area (Å²) in [5.74, 6) is 0. The van der Waals surface area contributed by atoms with Crippen molar-refractivity contribution >= 4 is 75.7 Å². The molecule has 10 aromatic rings. The van der Waals surface area contributed by atoms with Crippen molar-refractivity contribution in [2.75, 3.05) is 0 Å². The summed E-state index contributed by atoms with van der Waals surface area (Å²) in [6, 6.07) is 57.1. The highest BCUT2D eigenvalue weighted by Crippen LogP contribution is 2.50. The number of fused-ring (bicyclic) bond motifs is 8. The fourth-order valence-corrected chi connectivity index (χ4v) is 8.59. The summed E-state index contributed by atoms with van der Waals surface area (Å²) < 4.78 is 8.10. The molecule has 46 heavy (non-hydrogen) atoms. The number of hydrogen-bond donors (Lipinski definition) is 0. The minimum absolute atomic E-state index is 0.919. The van der Waals surface area contributed by atoms with Crippen molar-refractivity contribution in [2.45, 2.75) is 0 Å². The van der Waals surface area contributed by atoms with Crippen molar-refractivity contribution in [3.05, 3.63) is 158 Å². The van der Waals surface area contributed by atoms with Crippen LogP contribution in [0.5, 0.6) is 0 Å². The summed E-state index contributed by atoms with van der Waals surface area (Å²) in [4.78, 5) is 1.26. The van der Waals surface area contributed by atoms with Crippen LogP contribution in [-0.4, -0.2) is 0 Å². The average Bonchev–Trinajstić information content (AvgIpc) is 3.72. The Labute approximate surface area is 269 Å². The lowest BCUT2D eigenvalue weighted by Gasteiger charge is -2.18. The first-order valence-electron chi connectivity index (χ1n) is 15.7. The van der Waals surface area contributed by atoms with Gasteiger partial charge in [-0.3, -0.25) is 0 Å². The molecule has 214 valence electrons. The van der Waals surface area contributed by atoms with Crippen molar-refractivity contribution in [1.29, 1.82) is 0 Å². The highest BCUT2D eigenvalue weighted by molar-refractivity contribution is 7.23. The molecule has 0 bridgehead atoms. The molecular formula is C44H26OS. The second kappa shape index (κ2) is 9.90. The third-order valence-electron chi connectivity index (χ3n) is 9.43. The highest BCUT2D eigenvalue weighted by Gasteiger charge is 2.23. The van der Waals surface area contributed by atoms with E-state index in [1.165, 1.54) is 74.9 Å². The molecule has 0 aliphatic rings. The normalized spacial score (nSPS) is 11.9. The van der Waals surface area contributed by atoms with E-state index in [9.17, 15) is 0 Å². The van der Waals surface area contributed by atoms with Crippen LogP contribution in [0.1, 0.15) is 0 Å². The molecule has 0 radical (unpaired) electrons. The van der Waals surface area contributed by atoms with Gasteiger partial charge in [0.15, 0.2) is 0 Å². The molecule has 0 aliphatic heterocycles. The van der Waals surface area contributed by atoms with Gasteiger partial charge in [0.25, 0.3) is 0 Å². The Kier molecular flexibility index (Phi) is 5.51. The molecule has 0 amide bonds. The van der Waals surface area contributed by atoms with Gasteiger partial charge in [0.05, 0.1) is 0 Å². The van der Waals surface area contributed by atoms with E-state index < -0.39 is 0 Å². The number of thiophene rings is 1. The number of furan rings is 1. The maximum Gasteiger partial charge on any atom is 0.144 e. The standard InChI is InChI=1S/C44H26OS/c1-2-13-28(14-3-1)39-26-31-25-37(43-42(44(31)46-39)36-20-10-11-21-38(36)45-43)41-34-18-8-6-16-32(34)40(33-17-7-9-19-35(33)41)30-23-22-27-12-4-5-15-29(27)24-30/h1-26H. The smallest absolute Gasteiger partial charge is 0.144 e. The summed E-state index contributed by atoms with van der Waals surface area (Å²) >= 11 is 1.85. The molecule has 0 N–H and O–H groups in total. The minimum Gasteiger partial charge on any atom is -0.455 e. The zero-order valence-electron chi connectivity index (χ0n) is 24.8. The van der Waals surface area contributed by atoms with Crippen LogP contribution in [0.2, 0.25) is 0 Å². The first-order chi connectivity index (χ1) is 22.8. The van der Waals surface area contributed by atoms with Crippen LogP contribution in [0.15, 0.2) is 162 Å². The Morgan fingerprint density at radius 1 is 0.413 bits per heavy atom. The van der Waals surface area contributed by atoms with Gasteiger partial charge in [-0.2, -0.15) is 0 Å². The van der Waals surface area contributed by atoms with E-state index in [1.807, 2.05) is 11.3 Å². The van der Waals surface area contributed by atoms with Gasteiger partial charge in [0.2, 0.25) is 0 Å². The predicted octanol–water partition coefficient (Wildman–Crippen LogP) is 13.3. The van der Waals surface area contributed by atoms with E-state index in [4.69, 9.17) is 4.42 Å². The van der Waals surface area contributed by atoms with E-state index in [1.54, 1.807) is 0 Å². The van der Waals surface area contributed by atoms with Crippen LogP contribution in [0.4, 0.5) is 0 Å². The van der Waals surface area contributed by atoms with Crippen molar-refractivity contribution < 1.29 is 4.42 Å². The molecule has 10 rings (SSSR count). The first kappa shape index (κ1) is 25.6. The van der Waals surface area contributed by atoms with E-state index in [-0.39, 0.29) is 0 Å². The fraction of sp³-hybridized carbons (Fsp3) is 0. The van der Waals surface area contributed by atoms with Crippen LogP contribution >= 0.6 is 11.3 Å². The molecule has 1 nitrogen and oxygen atoms in total. The second-order valence-electron chi connectivity index (χ2n) is 12.0. The van der Waals surface area contributed by atoms with Crippen LogP contribution < -0.4 is 0 Å². The van der Waals surface area contributed by atoms with E-state index >= 15 is 0 Å². The SMILES string of the molecule is c1ccc(-c2cc3cc(-c4c5ccccc5c(-c5ccc6ccccc6c5)c5ccccc45)c4oc5ccccc5c4c3s2)cc1. The van der Waals surface area contributed by atoms with Gasteiger partial charge in [0, 0.05) is 31.5 Å². The van der Waals surface area contributed by atoms with Gasteiger partial charge in [0.1, 0.15) is 11.2 Å². The number of benzene rings is 8. The molecule has 8 aromatic carbocycles. The van der Waals surface area contributed by atoms with Crippen molar-refractivity contribution in [3.8, 4) is 32.7 Å². The molecule has 2 heterocycles. The highest BCUT2D eigenvalue weighted by atomic mass is 32.1. The van der Waals surface area contributed by atoms with E-state index in [0.29, 0.717) is 0 Å². The molecule has 0 fully saturated rings. The number of rotatable bonds is 3. The lowest BCUT2D eigenvalue weighted by Crippen LogP contribution is -1.91. The van der Waals surface area contributed by atoms with Gasteiger partial charge in [-0.15, -0.1) is 11.3 Å². The third-order valence-corrected chi connectivity index (χ3v) is 10.6. The molecule has 2 aromatic heterocycles. The van der Waals surface area contributed by atoms with Crippen LogP contribution in [0.25, 0.3) is 97.0 Å². The maximum absolute atomic E-state index is 6.83. The summed E-state index contributed by atoms with van der Waals surface area (Å²) in [7, 11) is 0. The van der Waals surface area contributed by atoms with Gasteiger partial charge >= 0.3 is 0 Å². The van der Waals surface area contributed by atoms with Crippen LogP contribution in [0, 0.1) is 0 Å². The lowest BCUT2D eigenvalue weighted by molar-refractivity contribution is 0.670. The van der Waals surface area contributed by atoms with Gasteiger partial charge in [-0.25, -0.2) is 0 Å². The van der Waals surface area contributed by atoms with Gasteiger partial charge in [-0.1, -0.05) is 133 Å². The van der Waals surface area contributed by atoms with Crippen LogP contribution in [-0.2, 0) is 0 Å².